The van der Waals surface area contributed by atoms with Gasteiger partial charge in [0.1, 0.15) is 14.1 Å². The lowest BCUT2D eigenvalue weighted by molar-refractivity contribution is -0.458. The van der Waals surface area contributed by atoms with Crippen LogP contribution in [0, 0.1) is 0 Å². The molecule has 0 aromatic heterocycles. The number of rotatable bonds is 0. The third kappa shape index (κ3) is 1.89. The predicted octanol–water partition coefficient (Wildman–Crippen LogP) is 0.260. The summed E-state index contributed by atoms with van der Waals surface area (Å²) in [6.45, 7) is 0. The standard InChI is InChI=1S/C7H12NO2S3/c1-8(2)7-11-5-3-13(9,10)4-6(5)12-7/h5-6H,3-4H2,1-2H3/q+1/t5-,6+. The quantitative estimate of drug-likeness (QED) is 0.567. The van der Waals surface area contributed by atoms with E-state index in [4.69, 9.17) is 0 Å². The SMILES string of the molecule is C[N+](C)=C1S[C@H]2CS(=O)(=O)C[C@H]2S1. The fourth-order valence-electron chi connectivity index (χ4n) is 1.50. The molecule has 6 heteroatoms. The van der Waals surface area contributed by atoms with E-state index in [2.05, 4.69) is 4.58 Å². The van der Waals surface area contributed by atoms with Crippen molar-refractivity contribution in [2.75, 3.05) is 25.6 Å². The highest BCUT2D eigenvalue weighted by atomic mass is 32.2. The van der Waals surface area contributed by atoms with Gasteiger partial charge in [0, 0.05) is 10.5 Å². The number of nitrogens with zero attached hydrogens (tertiary/aromatic N) is 1. The zero-order valence-corrected chi connectivity index (χ0v) is 10.0. The van der Waals surface area contributed by atoms with Gasteiger partial charge in [0.05, 0.1) is 11.5 Å². The number of fused-ring (bicyclic) bond motifs is 1. The second kappa shape index (κ2) is 3.17. The van der Waals surface area contributed by atoms with Crippen LogP contribution in [0.5, 0.6) is 0 Å². The van der Waals surface area contributed by atoms with E-state index in [9.17, 15) is 8.42 Å². The van der Waals surface area contributed by atoms with Gasteiger partial charge in [-0.25, -0.2) is 13.0 Å². The van der Waals surface area contributed by atoms with Crippen LogP contribution < -0.4 is 0 Å². The molecule has 2 saturated heterocycles. The van der Waals surface area contributed by atoms with Gasteiger partial charge >= 0.3 is 0 Å². The first kappa shape index (κ1) is 9.86. The van der Waals surface area contributed by atoms with Crippen molar-refractivity contribution in [3.05, 3.63) is 0 Å². The van der Waals surface area contributed by atoms with Crippen LogP contribution in [0.25, 0.3) is 0 Å². The van der Waals surface area contributed by atoms with Gasteiger partial charge in [0.2, 0.25) is 0 Å². The number of thioether (sulfide) groups is 2. The Morgan fingerprint density at radius 3 is 2.08 bits per heavy atom. The monoisotopic (exact) mass is 238 g/mol. The second-order valence-corrected chi connectivity index (χ2v) is 8.42. The first-order chi connectivity index (χ1) is 5.98. The fourth-order valence-corrected chi connectivity index (χ4v) is 7.87. The molecule has 0 aliphatic carbocycles. The zero-order valence-electron chi connectivity index (χ0n) is 7.56. The molecule has 0 N–H and O–H groups in total. The van der Waals surface area contributed by atoms with Crippen LogP contribution >= 0.6 is 23.5 Å². The molecule has 0 aromatic rings. The van der Waals surface area contributed by atoms with Crippen LogP contribution in [0.4, 0.5) is 0 Å². The lowest BCUT2D eigenvalue weighted by atomic mass is 10.4. The van der Waals surface area contributed by atoms with Crippen molar-refractivity contribution in [1.82, 2.24) is 0 Å². The third-order valence-corrected chi connectivity index (χ3v) is 7.76. The van der Waals surface area contributed by atoms with Crippen LogP contribution in [-0.4, -0.2) is 53.5 Å². The highest BCUT2D eigenvalue weighted by Gasteiger charge is 2.47. The molecule has 2 fully saturated rings. The van der Waals surface area contributed by atoms with Crippen molar-refractivity contribution in [1.29, 1.82) is 0 Å². The van der Waals surface area contributed by atoms with E-state index in [1.54, 1.807) is 23.5 Å². The Morgan fingerprint density at radius 2 is 1.69 bits per heavy atom. The molecule has 3 nitrogen and oxygen atoms in total. The summed E-state index contributed by atoms with van der Waals surface area (Å²) < 4.78 is 25.9. The van der Waals surface area contributed by atoms with Crippen molar-refractivity contribution in [3.8, 4) is 0 Å². The summed E-state index contributed by atoms with van der Waals surface area (Å²) in [5.41, 5.74) is 0. The van der Waals surface area contributed by atoms with Gasteiger partial charge in [-0.2, -0.15) is 0 Å². The summed E-state index contributed by atoms with van der Waals surface area (Å²) in [5, 5.41) is 0.597. The lowest BCUT2D eigenvalue weighted by Crippen LogP contribution is -2.10. The topological polar surface area (TPSA) is 37.1 Å². The molecule has 0 aromatic carbocycles. The van der Waals surface area contributed by atoms with E-state index in [0.717, 1.165) is 0 Å². The molecule has 74 valence electrons. The molecule has 13 heavy (non-hydrogen) atoms. The molecule has 0 amide bonds. The smallest absolute Gasteiger partial charge is 0.229 e. The van der Waals surface area contributed by atoms with Crippen LogP contribution in [0.2, 0.25) is 0 Å². The van der Waals surface area contributed by atoms with E-state index in [0.29, 0.717) is 22.0 Å². The predicted molar refractivity (Wildman–Crippen MR) is 58.5 cm³/mol. The fraction of sp³-hybridized carbons (Fsp3) is 0.857. The summed E-state index contributed by atoms with van der Waals surface area (Å²) >= 11 is 3.44. The zero-order chi connectivity index (χ0) is 9.64. The Hall–Kier alpha value is 0.320. The molecule has 0 unspecified atom stereocenters. The second-order valence-electron chi connectivity index (χ2n) is 3.55. The summed E-state index contributed by atoms with van der Waals surface area (Å²) in [4.78, 5) is 0. The van der Waals surface area contributed by atoms with E-state index < -0.39 is 9.84 Å². The van der Waals surface area contributed by atoms with Crippen LogP contribution in [0.15, 0.2) is 0 Å². The highest BCUT2D eigenvalue weighted by Crippen LogP contribution is 2.43. The van der Waals surface area contributed by atoms with Crippen LogP contribution in [0.3, 0.4) is 0 Å². The average molecular weight is 238 g/mol. The summed E-state index contributed by atoms with van der Waals surface area (Å²) in [6, 6.07) is 0. The first-order valence-electron chi connectivity index (χ1n) is 4.06. The molecular formula is C7H12NO2S3+. The molecule has 2 heterocycles. The summed E-state index contributed by atoms with van der Waals surface area (Å²) in [7, 11) is 1.28. The van der Waals surface area contributed by atoms with Gasteiger partial charge in [0.25, 0.3) is 4.38 Å². The maximum absolute atomic E-state index is 11.3. The molecule has 0 spiro atoms. The Labute approximate surface area is 86.9 Å². The molecular weight excluding hydrogens is 226 g/mol. The molecule has 0 radical (unpaired) electrons. The minimum Gasteiger partial charge on any atom is -0.229 e. The van der Waals surface area contributed by atoms with Gasteiger partial charge in [-0.15, -0.1) is 0 Å². The number of sulfone groups is 1. The van der Waals surface area contributed by atoms with Gasteiger partial charge in [-0.3, -0.25) is 0 Å². The average Bonchev–Trinajstić information content (AvgIpc) is 2.39. The van der Waals surface area contributed by atoms with Crippen molar-refractivity contribution in [3.63, 3.8) is 0 Å². The Bertz CT molecular complexity index is 334. The minimum absolute atomic E-state index is 0.299. The van der Waals surface area contributed by atoms with Crippen molar-refractivity contribution < 1.29 is 13.0 Å². The maximum Gasteiger partial charge on any atom is 0.270 e. The number of hydrogen-bond acceptors (Lipinski definition) is 4. The minimum atomic E-state index is -2.73. The molecule has 0 bridgehead atoms. The van der Waals surface area contributed by atoms with Crippen molar-refractivity contribution in [2.24, 2.45) is 0 Å². The Morgan fingerprint density at radius 1 is 1.23 bits per heavy atom. The van der Waals surface area contributed by atoms with Crippen LogP contribution in [0.1, 0.15) is 0 Å². The molecule has 2 atom stereocenters. The molecule has 2 aliphatic heterocycles. The Kier molecular flexibility index (Phi) is 2.40. The molecule has 2 rings (SSSR count). The van der Waals surface area contributed by atoms with Gasteiger partial charge in [-0.1, -0.05) is 0 Å². The van der Waals surface area contributed by atoms with E-state index in [1.807, 2.05) is 14.1 Å². The van der Waals surface area contributed by atoms with Crippen LogP contribution in [-0.2, 0) is 9.84 Å². The van der Waals surface area contributed by atoms with E-state index >= 15 is 0 Å². The maximum atomic E-state index is 11.3. The van der Waals surface area contributed by atoms with Gasteiger partial charge in [-0.05, 0) is 23.5 Å². The van der Waals surface area contributed by atoms with Gasteiger partial charge in [0.15, 0.2) is 9.84 Å². The summed E-state index contributed by atoms with van der Waals surface area (Å²) in [6.07, 6.45) is 0. The molecule has 2 aliphatic rings. The Balaban J connectivity index is 2.18. The van der Waals surface area contributed by atoms with E-state index in [-0.39, 0.29) is 0 Å². The van der Waals surface area contributed by atoms with E-state index in [1.165, 1.54) is 4.38 Å². The number of hydrogen-bond donors (Lipinski definition) is 0. The first-order valence-corrected chi connectivity index (χ1v) is 7.64. The lowest BCUT2D eigenvalue weighted by Gasteiger charge is -1.97. The third-order valence-electron chi connectivity index (χ3n) is 2.12. The summed E-state index contributed by atoms with van der Waals surface area (Å²) in [5.74, 6) is 0.735. The highest BCUT2D eigenvalue weighted by molar-refractivity contribution is 8.42. The largest absolute Gasteiger partial charge is 0.270 e. The van der Waals surface area contributed by atoms with Crippen molar-refractivity contribution in [2.45, 2.75) is 10.5 Å². The normalized spacial score (nSPS) is 36.3. The van der Waals surface area contributed by atoms with Gasteiger partial charge < -0.3 is 0 Å². The molecule has 0 saturated carbocycles. The van der Waals surface area contributed by atoms with Crippen molar-refractivity contribution >= 4 is 37.7 Å².